The number of rotatable bonds is 3. The van der Waals surface area contributed by atoms with Gasteiger partial charge in [0.15, 0.2) is 0 Å². The summed E-state index contributed by atoms with van der Waals surface area (Å²) < 4.78 is 0. The molecule has 0 atom stereocenters. The lowest BCUT2D eigenvalue weighted by atomic mass is 9.98. The van der Waals surface area contributed by atoms with Crippen molar-refractivity contribution in [3.05, 3.63) is 0 Å². The van der Waals surface area contributed by atoms with Crippen molar-refractivity contribution >= 4 is 0 Å². The first-order valence-corrected chi connectivity index (χ1v) is 4.74. The molecule has 2 N–H and O–H groups in total. The van der Waals surface area contributed by atoms with E-state index in [0.29, 0.717) is 0 Å². The normalized spacial score (nSPS) is 18.4. The lowest BCUT2D eigenvalue weighted by Crippen LogP contribution is -2.33. The molecule has 1 heterocycles. The summed E-state index contributed by atoms with van der Waals surface area (Å²) in [6.07, 6.45) is 2.62. The summed E-state index contributed by atoms with van der Waals surface area (Å²) >= 11 is 0. The monoisotopic (exact) mass is 166 g/mol. The van der Waals surface area contributed by atoms with Gasteiger partial charge in [0.2, 0.25) is 0 Å². The quantitative estimate of drug-likeness (QED) is 0.474. The fraction of sp³-hybridized carbons (Fsp3) is 0.800. The molecule has 12 heavy (non-hydrogen) atoms. The van der Waals surface area contributed by atoms with Crippen LogP contribution in [-0.2, 0) is 0 Å². The van der Waals surface area contributed by atoms with Crippen LogP contribution in [0.1, 0.15) is 19.8 Å². The number of hydrogen-bond acceptors (Lipinski definition) is 2. The van der Waals surface area contributed by atoms with Gasteiger partial charge in [-0.3, -0.25) is 0 Å². The molecule has 68 valence electrons. The smallest absolute Gasteiger partial charge is 0.0576 e. The van der Waals surface area contributed by atoms with E-state index < -0.39 is 0 Å². The van der Waals surface area contributed by atoms with Gasteiger partial charge in [-0.1, -0.05) is 5.92 Å². The van der Waals surface area contributed by atoms with Crippen molar-refractivity contribution in [3.8, 4) is 11.8 Å². The molecule has 0 spiro atoms. The van der Waals surface area contributed by atoms with E-state index in [2.05, 4.69) is 22.5 Å². The van der Waals surface area contributed by atoms with Crippen LogP contribution in [0, 0.1) is 17.8 Å². The molecule has 0 saturated carbocycles. The molecule has 0 unspecified atom stereocenters. The lowest BCUT2D eigenvalue weighted by Gasteiger charge is -2.22. The summed E-state index contributed by atoms with van der Waals surface area (Å²) in [5.74, 6) is 6.76. The Morgan fingerprint density at radius 2 is 2.17 bits per heavy atom. The minimum atomic E-state index is 0.848. The Kier molecular flexibility index (Phi) is 4.82. The maximum Gasteiger partial charge on any atom is 0.0576 e. The van der Waals surface area contributed by atoms with Crippen molar-refractivity contribution in [1.82, 2.24) is 10.6 Å². The van der Waals surface area contributed by atoms with Crippen molar-refractivity contribution in [2.75, 3.05) is 26.2 Å². The van der Waals surface area contributed by atoms with Crippen LogP contribution in [0.25, 0.3) is 0 Å². The van der Waals surface area contributed by atoms with E-state index >= 15 is 0 Å². The Bertz CT molecular complexity index is 160. The van der Waals surface area contributed by atoms with Gasteiger partial charge < -0.3 is 10.6 Å². The molecule has 2 nitrogen and oxygen atoms in total. The fourth-order valence-electron chi connectivity index (χ4n) is 1.51. The van der Waals surface area contributed by atoms with Gasteiger partial charge in [0.25, 0.3) is 0 Å². The van der Waals surface area contributed by atoms with Crippen LogP contribution in [0.4, 0.5) is 0 Å². The average Bonchev–Trinajstić information content (AvgIpc) is 2.14. The minimum Gasteiger partial charge on any atom is -0.317 e. The van der Waals surface area contributed by atoms with Crippen LogP contribution in [0.2, 0.25) is 0 Å². The second-order valence-corrected chi connectivity index (χ2v) is 3.25. The highest BCUT2D eigenvalue weighted by Gasteiger charge is 2.11. The first-order valence-electron chi connectivity index (χ1n) is 4.74. The fourth-order valence-corrected chi connectivity index (χ4v) is 1.51. The third-order valence-electron chi connectivity index (χ3n) is 2.28. The van der Waals surface area contributed by atoms with Crippen molar-refractivity contribution in [2.24, 2.45) is 5.92 Å². The van der Waals surface area contributed by atoms with E-state index in [0.717, 1.165) is 19.0 Å². The highest BCUT2D eigenvalue weighted by atomic mass is 14.9. The molecule has 0 aromatic carbocycles. The van der Waals surface area contributed by atoms with E-state index in [-0.39, 0.29) is 0 Å². The highest BCUT2D eigenvalue weighted by molar-refractivity contribution is 4.97. The lowest BCUT2D eigenvalue weighted by molar-refractivity contribution is 0.362. The topological polar surface area (TPSA) is 24.1 Å². The van der Waals surface area contributed by atoms with Crippen LogP contribution in [0.15, 0.2) is 0 Å². The summed E-state index contributed by atoms with van der Waals surface area (Å²) in [6, 6.07) is 0. The Morgan fingerprint density at radius 1 is 1.42 bits per heavy atom. The molecule has 1 fully saturated rings. The molecule has 1 rings (SSSR count). The van der Waals surface area contributed by atoms with E-state index in [1.807, 2.05) is 6.92 Å². The minimum absolute atomic E-state index is 0.848. The van der Waals surface area contributed by atoms with Crippen molar-refractivity contribution in [3.63, 3.8) is 0 Å². The van der Waals surface area contributed by atoms with Gasteiger partial charge >= 0.3 is 0 Å². The zero-order valence-electron chi connectivity index (χ0n) is 7.82. The van der Waals surface area contributed by atoms with Crippen LogP contribution in [-0.4, -0.2) is 26.2 Å². The third kappa shape index (κ3) is 3.75. The zero-order chi connectivity index (χ0) is 8.65. The molecule has 0 bridgehead atoms. The first kappa shape index (κ1) is 9.57. The number of nitrogens with one attached hydrogen (secondary N) is 2. The Morgan fingerprint density at radius 3 is 2.83 bits per heavy atom. The molecule has 0 amide bonds. The van der Waals surface area contributed by atoms with Gasteiger partial charge in [-0.15, -0.1) is 5.92 Å². The SMILES string of the molecule is CC#CCNCC1CCNCC1. The summed E-state index contributed by atoms with van der Waals surface area (Å²) in [5, 5.41) is 6.72. The summed E-state index contributed by atoms with van der Waals surface area (Å²) in [5.41, 5.74) is 0. The number of hydrogen-bond donors (Lipinski definition) is 2. The third-order valence-corrected chi connectivity index (χ3v) is 2.28. The average molecular weight is 166 g/mol. The van der Waals surface area contributed by atoms with Crippen molar-refractivity contribution in [2.45, 2.75) is 19.8 Å². The largest absolute Gasteiger partial charge is 0.317 e. The van der Waals surface area contributed by atoms with Gasteiger partial charge in [-0.05, 0) is 45.3 Å². The maximum atomic E-state index is 3.36. The molecule has 2 heteroatoms. The molecular formula is C10H18N2. The molecule has 1 saturated heterocycles. The molecule has 0 radical (unpaired) electrons. The zero-order valence-corrected chi connectivity index (χ0v) is 7.82. The molecular weight excluding hydrogens is 148 g/mol. The van der Waals surface area contributed by atoms with Gasteiger partial charge in [0.05, 0.1) is 6.54 Å². The van der Waals surface area contributed by atoms with Gasteiger partial charge in [0, 0.05) is 0 Å². The second-order valence-electron chi connectivity index (χ2n) is 3.25. The van der Waals surface area contributed by atoms with E-state index in [1.165, 1.54) is 25.9 Å². The van der Waals surface area contributed by atoms with Gasteiger partial charge in [0.1, 0.15) is 0 Å². The molecule has 0 aliphatic carbocycles. The highest BCUT2D eigenvalue weighted by Crippen LogP contribution is 2.09. The standard InChI is InChI=1S/C10H18N2/c1-2-3-6-12-9-10-4-7-11-8-5-10/h10-12H,4-9H2,1H3. The first-order chi connectivity index (χ1) is 5.93. The molecule has 1 aliphatic heterocycles. The van der Waals surface area contributed by atoms with Crippen molar-refractivity contribution < 1.29 is 0 Å². The van der Waals surface area contributed by atoms with E-state index in [1.54, 1.807) is 0 Å². The Balaban J connectivity index is 2.00. The summed E-state index contributed by atoms with van der Waals surface area (Å²) in [4.78, 5) is 0. The Labute approximate surface area is 75.1 Å². The van der Waals surface area contributed by atoms with Crippen LogP contribution in [0.5, 0.6) is 0 Å². The predicted octanol–water partition coefficient (Wildman–Crippen LogP) is 0.599. The van der Waals surface area contributed by atoms with Crippen LogP contribution >= 0.6 is 0 Å². The summed E-state index contributed by atoms with van der Waals surface area (Å²) in [6.45, 7) is 6.24. The summed E-state index contributed by atoms with van der Waals surface area (Å²) in [7, 11) is 0. The van der Waals surface area contributed by atoms with Gasteiger partial charge in [-0.25, -0.2) is 0 Å². The van der Waals surface area contributed by atoms with Crippen LogP contribution in [0.3, 0.4) is 0 Å². The molecule has 0 aromatic rings. The second kappa shape index (κ2) is 6.05. The van der Waals surface area contributed by atoms with E-state index in [9.17, 15) is 0 Å². The predicted molar refractivity (Wildman–Crippen MR) is 51.9 cm³/mol. The van der Waals surface area contributed by atoms with Crippen LogP contribution < -0.4 is 10.6 Å². The molecule has 1 aliphatic rings. The maximum absolute atomic E-state index is 3.36. The van der Waals surface area contributed by atoms with E-state index in [4.69, 9.17) is 0 Å². The van der Waals surface area contributed by atoms with Crippen molar-refractivity contribution in [1.29, 1.82) is 0 Å². The molecule has 0 aromatic heterocycles. The number of piperidine rings is 1. The van der Waals surface area contributed by atoms with Gasteiger partial charge in [-0.2, -0.15) is 0 Å². The Hall–Kier alpha value is -0.520.